The molecule has 136 valence electrons. The van der Waals surface area contributed by atoms with Crippen LogP contribution in [0.25, 0.3) is 0 Å². The van der Waals surface area contributed by atoms with E-state index in [0.29, 0.717) is 18.9 Å². The van der Waals surface area contributed by atoms with E-state index in [1.54, 1.807) is 0 Å². The fourth-order valence-corrected chi connectivity index (χ4v) is 4.55. The van der Waals surface area contributed by atoms with Crippen molar-refractivity contribution in [1.82, 2.24) is 15.5 Å². The lowest BCUT2D eigenvalue weighted by Gasteiger charge is -2.44. The van der Waals surface area contributed by atoms with Crippen molar-refractivity contribution in [2.45, 2.75) is 64.3 Å². The number of fused-ring (bicyclic) bond motifs is 1. The maximum absolute atomic E-state index is 11.9. The summed E-state index contributed by atoms with van der Waals surface area (Å²) < 4.78 is 0. The number of rotatable bonds is 7. The Morgan fingerprint density at radius 3 is 2.58 bits per heavy atom. The fraction of sp³-hybridized carbons (Fsp3) is 0.895. The lowest BCUT2D eigenvalue weighted by atomic mass is 9.78. The van der Waals surface area contributed by atoms with E-state index in [2.05, 4.69) is 22.5 Å². The first kappa shape index (κ1) is 17.7. The molecule has 0 aromatic heterocycles. The maximum atomic E-state index is 11.9. The minimum absolute atomic E-state index is 0.0522. The molecule has 1 heterocycles. The fourth-order valence-electron chi connectivity index (χ4n) is 4.55. The normalized spacial score (nSPS) is 32.7. The third kappa shape index (κ3) is 4.71. The zero-order chi connectivity index (χ0) is 16.9. The van der Waals surface area contributed by atoms with Crippen molar-refractivity contribution in [3.05, 3.63) is 0 Å². The molecule has 1 saturated heterocycles. The van der Waals surface area contributed by atoms with Gasteiger partial charge in [-0.25, -0.2) is 0 Å². The molecule has 1 aliphatic heterocycles. The van der Waals surface area contributed by atoms with Gasteiger partial charge in [0.15, 0.2) is 0 Å². The Kier molecular flexibility index (Phi) is 6.14. The first-order valence-electron chi connectivity index (χ1n) is 9.93. The van der Waals surface area contributed by atoms with E-state index < -0.39 is 0 Å². The van der Waals surface area contributed by atoms with E-state index in [1.165, 1.54) is 45.1 Å². The molecular weight excluding hydrogens is 302 g/mol. The van der Waals surface area contributed by atoms with Gasteiger partial charge < -0.3 is 10.6 Å². The standard InChI is InChI=1S/C19H33N3O2/c1-14-13-16(14)19(24)21-9-8-18(23)20-10-12-22-11-4-6-15-5-2-3-7-17(15)22/h14-17H,2-13H2,1H3,(H,20,23)(H,21,24)/t14-,15+,16+,17-/m1/s1. The summed E-state index contributed by atoms with van der Waals surface area (Å²) in [5.41, 5.74) is 0. The summed E-state index contributed by atoms with van der Waals surface area (Å²) in [4.78, 5) is 26.2. The lowest BCUT2D eigenvalue weighted by Crippen LogP contribution is -2.49. The van der Waals surface area contributed by atoms with Crippen molar-refractivity contribution >= 4 is 11.8 Å². The van der Waals surface area contributed by atoms with E-state index in [1.807, 2.05) is 0 Å². The second-order valence-electron chi connectivity index (χ2n) is 8.00. The Balaban J connectivity index is 1.28. The number of amides is 2. The number of nitrogens with one attached hydrogen (secondary N) is 2. The number of carbonyl (C=O) groups excluding carboxylic acids is 2. The quantitative estimate of drug-likeness (QED) is 0.747. The van der Waals surface area contributed by atoms with Crippen LogP contribution in [0, 0.1) is 17.8 Å². The molecule has 2 aliphatic carbocycles. The summed E-state index contributed by atoms with van der Waals surface area (Å²) in [6.45, 7) is 5.44. The second-order valence-corrected chi connectivity index (χ2v) is 8.00. The van der Waals surface area contributed by atoms with Gasteiger partial charge in [-0.2, -0.15) is 0 Å². The van der Waals surface area contributed by atoms with Crippen LogP contribution in [-0.2, 0) is 9.59 Å². The van der Waals surface area contributed by atoms with Gasteiger partial charge in [0.2, 0.25) is 11.8 Å². The Hall–Kier alpha value is -1.10. The molecule has 0 spiro atoms. The van der Waals surface area contributed by atoms with Crippen LogP contribution in [-0.4, -0.2) is 48.9 Å². The zero-order valence-electron chi connectivity index (χ0n) is 15.1. The van der Waals surface area contributed by atoms with Crippen molar-refractivity contribution in [1.29, 1.82) is 0 Å². The highest BCUT2D eigenvalue weighted by Gasteiger charge is 2.38. The molecule has 0 aromatic rings. The van der Waals surface area contributed by atoms with Gasteiger partial charge in [0, 0.05) is 38.0 Å². The predicted octanol–water partition coefficient (Wildman–Crippen LogP) is 1.92. The lowest BCUT2D eigenvalue weighted by molar-refractivity contribution is -0.123. The topological polar surface area (TPSA) is 61.4 Å². The molecule has 3 fully saturated rings. The minimum Gasteiger partial charge on any atom is -0.355 e. The van der Waals surface area contributed by atoms with Crippen molar-refractivity contribution in [2.75, 3.05) is 26.2 Å². The number of hydrogen-bond donors (Lipinski definition) is 2. The summed E-state index contributed by atoms with van der Waals surface area (Å²) in [6, 6.07) is 0.754. The van der Waals surface area contributed by atoms with Crippen molar-refractivity contribution in [3.8, 4) is 0 Å². The van der Waals surface area contributed by atoms with Gasteiger partial charge in [-0.05, 0) is 50.5 Å². The second kappa shape index (κ2) is 8.32. The number of nitrogens with zero attached hydrogens (tertiary/aromatic N) is 1. The highest BCUT2D eigenvalue weighted by atomic mass is 16.2. The molecule has 2 saturated carbocycles. The van der Waals surface area contributed by atoms with E-state index in [4.69, 9.17) is 0 Å². The van der Waals surface area contributed by atoms with Crippen LogP contribution in [0.1, 0.15) is 58.3 Å². The molecule has 4 atom stereocenters. The van der Waals surface area contributed by atoms with Gasteiger partial charge in [0.25, 0.3) is 0 Å². The molecule has 3 aliphatic rings. The van der Waals surface area contributed by atoms with Crippen LogP contribution >= 0.6 is 0 Å². The van der Waals surface area contributed by atoms with Crippen LogP contribution in [0.4, 0.5) is 0 Å². The number of piperidine rings is 1. The summed E-state index contributed by atoms with van der Waals surface area (Å²) in [5.74, 6) is 1.77. The summed E-state index contributed by atoms with van der Waals surface area (Å²) >= 11 is 0. The van der Waals surface area contributed by atoms with Gasteiger partial charge in [-0.3, -0.25) is 14.5 Å². The summed E-state index contributed by atoms with van der Waals surface area (Å²) in [6.07, 6.45) is 9.58. The molecule has 24 heavy (non-hydrogen) atoms. The molecular formula is C19H33N3O2. The molecule has 5 nitrogen and oxygen atoms in total. The Labute approximate surface area is 145 Å². The molecule has 2 N–H and O–H groups in total. The van der Waals surface area contributed by atoms with Gasteiger partial charge >= 0.3 is 0 Å². The molecule has 0 aromatic carbocycles. The zero-order valence-corrected chi connectivity index (χ0v) is 15.1. The smallest absolute Gasteiger partial charge is 0.223 e. The van der Waals surface area contributed by atoms with Gasteiger partial charge in [0.1, 0.15) is 0 Å². The highest BCUT2D eigenvalue weighted by Crippen LogP contribution is 2.37. The SMILES string of the molecule is C[C@@H]1C[C@@H]1C(=O)NCCC(=O)NCCN1CCC[C@@H]2CCCC[C@H]21. The van der Waals surface area contributed by atoms with E-state index in [0.717, 1.165) is 31.5 Å². The summed E-state index contributed by atoms with van der Waals surface area (Å²) in [5, 5.41) is 5.89. The Morgan fingerprint density at radius 1 is 1.04 bits per heavy atom. The Bertz CT molecular complexity index is 452. The van der Waals surface area contributed by atoms with E-state index in [9.17, 15) is 9.59 Å². The third-order valence-electron chi connectivity index (χ3n) is 6.18. The molecule has 0 radical (unpaired) electrons. The number of likely N-dealkylation sites (tertiary alicyclic amines) is 1. The number of carbonyl (C=O) groups is 2. The number of hydrogen-bond acceptors (Lipinski definition) is 3. The van der Waals surface area contributed by atoms with Crippen LogP contribution in [0.2, 0.25) is 0 Å². The van der Waals surface area contributed by atoms with Crippen molar-refractivity contribution in [2.24, 2.45) is 17.8 Å². The maximum Gasteiger partial charge on any atom is 0.223 e. The average molecular weight is 335 g/mol. The van der Waals surface area contributed by atoms with Crippen LogP contribution < -0.4 is 10.6 Å². The predicted molar refractivity (Wildman–Crippen MR) is 94.5 cm³/mol. The van der Waals surface area contributed by atoms with Gasteiger partial charge in [-0.15, -0.1) is 0 Å². The first-order valence-corrected chi connectivity index (χ1v) is 9.93. The highest BCUT2D eigenvalue weighted by molar-refractivity contribution is 5.82. The van der Waals surface area contributed by atoms with Crippen LogP contribution in [0.15, 0.2) is 0 Å². The van der Waals surface area contributed by atoms with Gasteiger partial charge in [0.05, 0.1) is 0 Å². The monoisotopic (exact) mass is 335 g/mol. The van der Waals surface area contributed by atoms with Crippen LogP contribution in [0.5, 0.6) is 0 Å². The van der Waals surface area contributed by atoms with Crippen molar-refractivity contribution < 1.29 is 9.59 Å². The molecule has 3 rings (SSSR count). The largest absolute Gasteiger partial charge is 0.355 e. The van der Waals surface area contributed by atoms with E-state index >= 15 is 0 Å². The summed E-state index contributed by atoms with van der Waals surface area (Å²) in [7, 11) is 0. The molecule has 0 bridgehead atoms. The molecule has 5 heteroatoms. The molecule has 2 amide bonds. The minimum atomic E-state index is 0.0522. The van der Waals surface area contributed by atoms with E-state index in [-0.39, 0.29) is 17.7 Å². The van der Waals surface area contributed by atoms with Crippen LogP contribution in [0.3, 0.4) is 0 Å². The third-order valence-corrected chi connectivity index (χ3v) is 6.18. The molecule has 0 unspecified atom stereocenters. The van der Waals surface area contributed by atoms with Crippen molar-refractivity contribution in [3.63, 3.8) is 0 Å². The van der Waals surface area contributed by atoms with Gasteiger partial charge in [-0.1, -0.05) is 19.8 Å². The Morgan fingerprint density at radius 2 is 1.79 bits per heavy atom. The average Bonchev–Trinajstić information content (AvgIpc) is 3.32. The first-order chi connectivity index (χ1) is 11.6.